The highest BCUT2D eigenvalue weighted by atomic mass is 127. The molecule has 0 aromatic heterocycles. The molecule has 0 unspecified atom stereocenters. The van der Waals surface area contributed by atoms with Gasteiger partial charge >= 0.3 is 0 Å². The minimum atomic E-state index is -0.239. The lowest BCUT2D eigenvalue weighted by Crippen LogP contribution is -2.28. The van der Waals surface area contributed by atoms with Crippen LogP contribution in [-0.4, -0.2) is 11.8 Å². The third-order valence-corrected chi connectivity index (χ3v) is 5.13. The molecule has 4 nitrogen and oxygen atoms in total. The van der Waals surface area contributed by atoms with Gasteiger partial charge in [-0.3, -0.25) is 9.59 Å². The monoisotopic (exact) mass is 470 g/mol. The van der Waals surface area contributed by atoms with E-state index in [1.165, 1.54) is 0 Å². The fraction of sp³-hybridized carbons (Fsp3) is 0.0909. The van der Waals surface area contributed by atoms with Crippen molar-refractivity contribution >= 4 is 40.1 Å². The van der Waals surface area contributed by atoms with E-state index in [2.05, 4.69) is 33.2 Å². The van der Waals surface area contributed by atoms with E-state index in [1.54, 1.807) is 30.3 Å². The van der Waals surface area contributed by atoms with Gasteiger partial charge in [-0.15, -0.1) is 0 Å². The first-order chi connectivity index (χ1) is 13.1. The Labute approximate surface area is 172 Å². The smallest absolute Gasteiger partial charge is 0.256 e. The normalized spacial score (nSPS) is 11.5. The number of benzene rings is 3. The number of carbonyl (C=O) groups is 2. The summed E-state index contributed by atoms with van der Waals surface area (Å²) in [6, 6.07) is 24.0. The Morgan fingerprint density at radius 2 is 1.37 bits per heavy atom. The molecule has 0 fully saturated rings. The van der Waals surface area contributed by atoms with Crippen LogP contribution in [0.2, 0.25) is 0 Å². The Morgan fingerprint density at radius 1 is 0.778 bits per heavy atom. The molecule has 0 bridgehead atoms. The molecule has 0 spiro atoms. The van der Waals surface area contributed by atoms with E-state index >= 15 is 0 Å². The molecular weight excluding hydrogens is 451 g/mol. The van der Waals surface area contributed by atoms with Crippen LogP contribution in [-0.2, 0) is 0 Å². The van der Waals surface area contributed by atoms with Crippen molar-refractivity contribution in [2.75, 3.05) is 5.32 Å². The fourth-order valence-corrected chi connectivity index (χ4v) is 3.36. The Bertz CT molecular complexity index is 957. The molecule has 0 radical (unpaired) electrons. The first-order valence-corrected chi connectivity index (χ1v) is 9.65. The maximum Gasteiger partial charge on any atom is 0.256 e. The van der Waals surface area contributed by atoms with Gasteiger partial charge in [-0.05, 0) is 59.3 Å². The first kappa shape index (κ1) is 19.1. The maximum atomic E-state index is 12.8. The van der Waals surface area contributed by atoms with Crippen LogP contribution in [0.25, 0.3) is 0 Å². The summed E-state index contributed by atoms with van der Waals surface area (Å²) in [4.78, 5) is 25.4. The quantitative estimate of drug-likeness (QED) is 0.514. The fourth-order valence-electron chi connectivity index (χ4n) is 2.72. The van der Waals surface area contributed by atoms with Crippen molar-refractivity contribution in [3.05, 3.63) is 99.1 Å². The van der Waals surface area contributed by atoms with Crippen molar-refractivity contribution in [2.45, 2.75) is 13.0 Å². The van der Waals surface area contributed by atoms with Crippen LogP contribution in [0.15, 0.2) is 78.9 Å². The van der Waals surface area contributed by atoms with Gasteiger partial charge in [0.25, 0.3) is 11.8 Å². The number of hydrogen-bond donors (Lipinski definition) is 2. The van der Waals surface area contributed by atoms with E-state index in [0.29, 0.717) is 16.8 Å². The topological polar surface area (TPSA) is 58.2 Å². The number of anilines is 1. The average Bonchev–Trinajstić information content (AvgIpc) is 2.69. The van der Waals surface area contributed by atoms with Crippen molar-refractivity contribution in [3.63, 3.8) is 0 Å². The van der Waals surface area contributed by atoms with E-state index in [-0.39, 0.29) is 17.9 Å². The predicted molar refractivity (Wildman–Crippen MR) is 116 cm³/mol. The zero-order chi connectivity index (χ0) is 19.2. The summed E-state index contributed by atoms with van der Waals surface area (Å²) in [6.45, 7) is 1.93. The Morgan fingerprint density at radius 3 is 2.07 bits per heavy atom. The zero-order valence-electron chi connectivity index (χ0n) is 14.8. The second-order valence-corrected chi connectivity index (χ2v) is 7.25. The van der Waals surface area contributed by atoms with Crippen LogP contribution < -0.4 is 10.6 Å². The van der Waals surface area contributed by atoms with Crippen molar-refractivity contribution in [3.8, 4) is 0 Å². The third-order valence-electron chi connectivity index (χ3n) is 4.19. The van der Waals surface area contributed by atoms with E-state index in [4.69, 9.17) is 0 Å². The number of nitrogens with one attached hydrogen (secondary N) is 2. The first-order valence-electron chi connectivity index (χ1n) is 8.57. The molecule has 2 N–H and O–H groups in total. The highest BCUT2D eigenvalue weighted by Gasteiger charge is 2.17. The summed E-state index contributed by atoms with van der Waals surface area (Å²) in [5.74, 6) is -0.471. The zero-order valence-corrected chi connectivity index (χ0v) is 16.9. The molecule has 3 aromatic carbocycles. The van der Waals surface area contributed by atoms with Crippen LogP contribution in [0, 0.1) is 3.57 Å². The number of carbonyl (C=O) groups excluding carboxylic acids is 2. The van der Waals surface area contributed by atoms with Crippen LogP contribution in [0.5, 0.6) is 0 Å². The SMILES string of the molecule is C[C@H](NC(=O)c1ccccc1NC(=O)c1ccccc1I)c1ccccc1. The van der Waals surface area contributed by atoms with Gasteiger partial charge in [-0.1, -0.05) is 54.6 Å². The van der Waals surface area contributed by atoms with Gasteiger partial charge in [0.05, 0.1) is 22.9 Å². The summed E-state index contributed by atoms with van der Waals surface area (Å²) >= 11 is 2.12. The molecule has 3 aromatic rings. The molecule has 0 saturated heterocycles. The Kier molecular flexibility index (Phi) is 6.24. The van der Waals surface area contributed by atoms with Crippen LogP contribution in [0.3, 0.4) is 0 Å². The van der Waals surface area contributed by atoms with E-state index in [9.17, 15) is 9.59 Å². The molecule has 3 rings (SSSR count). The van der Waals surface area contributed by atoms with Crippen molar-refractivity contribution in [1.82, 2.24) is 5.32 Å². The predicted octanol–water partition coefficient (Wildman–Crippen LogP) is 5.03. The lowest BCUT2D eigenvalue weighted by atomic mass is 10.1. The molecule has 136 valence electrons. The van der Waals surface area contributed by atoms with Gasteiger partial charge in [0.1, 0.15) is 0 Å². The second-order valence-electron chi connectivity index (χ2n) is 6.09. The highest BCUT2D eigenvalue weighted by molar-refractivity contribution is 14.1. The van der Waals surface area contributed by atoms with Gasteiger partial charge < -0.3 is 10.6 Å². The van der Waals surface area contributed by atoms with Gasteiger partial charge in [-0.2, -0.15) is 0 Å². The Balaban J connectivity index is 1.78. The minimum absolute atomic E-state index is 0.141. The molecule has 0 heterocycles. The molecule has 5 heteroatoms. The van der Waals surface area contributed by atoms with Crippen LogP contribution in [0.1, 0.15) is 39.2 Å². The molecule has 0 aliphatic carbocycles. The average molecular weight is 470 g/mol. The number of rotatable bonds is 5. The lowest BCUT2D eigenvalue weighted by molar-refractivity contribution is 0.0941. The summed E-state index contributed by atoms with van der Waals surface area (Å²) in [5.41, 5.74) is 2.51. The second kappa shape index (κ2) is 8.81. The molecule has 0 saturated carbocycles. The molecule has 0 aliphatic heterocycles. The van der Waals surface area contributed by atoms with E-state index in [0.717, 1.165) is 9.13 Å². The highest BCUT2D eigenvalue weighted by Crippen LogP contribution is 2.20. The standard InChI is InChI=1S/C22H19IN2O2/c1-15(16-9-3-2-4-10-16)24-22(27)18-12-6-8-14-20(18)25-21(26)17-11-5-7-13-19(17)23/h2-15H,1H3,(H,24,27)(H,25,26)/t15-/m0/s1. The number of amides is 2. The molecule has 0 aliphatic rings. The summed E-state index contributed by atoms with van der Waals surface area (Å²) in [6.07, 6.45) is 0. The Hall–Kier alpha value is -2.67. The van der Waals surface area contributed by atoms with Gasteiger partial charge in [0.15, 0.2) is 0 Å². The van der Waals surface area contributed by atoms with Gasteiger partial charge in [0, 0.05) is 3.57 Å². The lowest BCUT2D eigenvalue weighted by Gasteiger charge is -2.16. The largest absolute Gasteiger partial charge is 0.345 e. The summed E-state index contributed by atoms with van der Waals surface area (Å²) < 4.78 is 0.854. The molecule has 2 amide bonds. The van der Waals surface area contributed by atoms with Crippen molar-refractivity contribution < 1.29 is 9.59 Å². The van der Waals surface area contributed by atoms with Gasteiger partial charge in [-0.25, -0.2) is 0 Å². The number of hydrogen-bond acceptors (Lipinski definition) is 2. The van der Waals surface area contributed by atoms with Crippen molar-refractivity contribution in [2.24, 2.45) is 0 Å². The molecule has 27 heavy (non-hydrogen) atoms. The third kappa shape index (κ3) is 4.74. The minimum Gasteiger partial charge on any atom is -0.345 e. The molecule has 1 atom stereocenters. The van der Waals surface area contributed by atoms with Gasteiger partial charge in [0.2, 0.25) is 0 Å². The summed E-state index contributed by atoms with van der Waals surface area (Å²) in [7, 11) is 0. The van der Waals surface area contributed by atoms with Crippen LogP contribution >= 0.6 is 22.6 Å². The maximum absolute atomic E-state index is 12.8. The van der Waals surface area contributed by atoms with Crippen molar-refractivity contribution in [1.29, 1.82) is 0 Å². The summed E-state index contributed by atoms with van der Waals surface area (Å²) in [5, 5.41) is 5.84. The van der Waals surface area contributed by atoms with Crippen LogP contribution in [0.4, 0.5) is 5.69 Å². The number of para-hydroxylation sites is 1. The van der Waals surface area contributed by atoms with E-state index in [1.807, 2.05) is 55.5 Å². The molecular formula is C22H19IN2O2. The number of halogens is 1. The van der Waals surface area contributed by atoms with E-state index < -0.39 is 0 Å².